The Balaban J connectivity index is 2.81. The first kappa shape index (κ1) is 25.5. The molecule has 1 aromatic carbocycles. The van der Waals surface area contributed by atoms with E-state index >= 15 is 0 Å². The number of halogens is 2. The lowest BCUT2D eigenvalue weighted by Gasteiger charge is -2.23. The van der Waals surface area contributed by atoms with Crippen molar-refractivity contribution < 1.29 is 33.3 Å². The molecule has 0 aliphatic carbocycles. The highest BCUT2D eigenvalue weighted by Gasteiger charge is 2.29. The van der Waals surface area contributed by atoms with Crippen LogP contribution in [-0.2, 0) is 11.3 Å². The van der Waals surface area contributed by atoms with Crippen LogP contribution in [0.2, 0.25) is 0 Å². The number of carbonyl (C=O) groups excluding carboxylic acids is 1. The van der Waals surface area contributed by atoms with Crippen LogP contribution < -0.4 is 10.2 Å². The van der Waals surface area contributed by atoms with E-state index in [-0.39, 0.29) is 35.8 Å². The number of nitrogens with zero attached hydrogens (tertiary/aromatic N) is 1. The Morgan fingerprint density at radius 3 is 2.41 bits per heavy atom. The Morgan fingerprint density at radius 1 is 1.12 bits per heavy atom. The number of carbonyl (C=O) groups is 1. The van der Waals surface area contributed by atoms with Crippen molar-refractivity contribution in [2.75, 3.05) is 13.2 Å². The van der Waals surface area contributed by atoms with Gasteiger partial charge in [-0.1, -0.05) is 25.8 Å². The summed E-state index contributed by atoms with van der Waals surface area (Å²) < 4.78 is 39.9. The number of rotatable bonds is 11. The average Bonchev–Trinajstić information content (AvgIpc) is 2.72. The second kappa shape index (κ2) is 11.7. The van der Waals surface area contributed by atoms with Crippen LogP contribution in [0.3, 0.4) is 0 Å². The normalized spacial score (nSPS) is 12.1. The maximum atomic E-state index is 14.7. The van der Waals surface area contributed by atoms with E-state index in [0.29, 0.717) is 12.8 Å². The Bertz CT molecular complexity index is 989. The zero-order chi connectivity index (χ0) is 23.8. The van der Waals surface area contributed by atoms with Crippen molar-refractivity contribution in [2.24, 2.45) is 0 Å². The number of aromatic nitrogens is 1. The molecule has 0 aliphatic rings. The third-order valence-corrected chi connectivity index (χ3v) is 4.94. The van der Waals surface area contributed by atoms with Crippen molar-refractivity contribution >= 4 is 5.97 Å². The van der Waals surface area contributed by atoms with E-state index in [1.54, 1.807) is 13.8 Å². The number of ether oxygens (including phenoxy) is 2. The molecule has 1 aromatic heterocycles. The standard InChI is InChI=1S/C23H29F2NO6/c1-4-7-8-15(16-10-9-14(24)11-18(16)25)17-12-26(13-19(27)28)20(23(30)32-6-3)22(21(17)29)31-5-2/h9-12,15,19,27-28H,4-8,13H2,1-3H3. The highest BCUT2D eigenvalue weighted by atomic mass is 19.1. The van der Waals surface area contributed by atoms with Crippen molar-refractivity contribution in [1.29, 1.82) is 0 Å². The highest BCUT2D eigenvalue weighted by Crippen LogP contribution is 2.32. The summed E-state index contributed by atoms with van der Waals surface area (Å²) in [5.41, 5.74) is -0.673. The Hall–Kier alpha value is -2.78. The fourth-order valence-electron chi connectivity index (χ4n) is 3.59. The molecular weight excluding hydrogens is 424 g/mol. The topological polar surface area (TPSA) is 98.0 Å². The van der Waals surface area contributed by atoms with Crippen LogP contribution >= 0.6 is 0 Å². The zero-order valence-corrected chi connectivity index (χ0v) is 18.4. The molecule has 0 amide bonds. The minimum atomic E-state index is -1.84. The molecule has 2 rings (SSSR count). The zero-order valence-electron chi connectivity index (χ0n) is 18.4. The van der Waals surface area contributed by atoms with E-state index in [4.69, 9.17) is 9.47 Å². The van der Waals surface area contributed by atoms with Crippen molar-refractivity contribution in [3.05, 3.63) is 63.1 Å². The second-order valence-electron chi connectivity index (χ2n) is 7.24. The Kier molecular flexibility index (Phi) is 9.34. The lowest BCUT2D eigenvalue weighted by atomic mass is 9.87. The molecule has 0 spiro atoms. The summed E-state index contributed by atoms with van der Waals surface area (Å²) in [5.74, 6) is -3.48. The van der Waals surface area contributed by atoms with Crippen LogP contribution in [-0.4, -0.2) is 40.3 Å². The van der Waals surface area contributed by atoms with Gasteiger partial charge in [0.2, 0.25) is 5.43 Å². The molecule has 0 saturated carbocycles. The second-order valence-corrected chi connectivity index (χ2v) is 7.24. The van der Waals surface area contributed by atoms with Gasteiger partial charge in [-0.25, -0.2) is 13.6 Å². The number of unbranched alkanes of at least 4 members (excludes halogenated alkanes) is 1. The summed E-state index contributed by atoms with van der Waals surface area (Å²) in [6.07, 6.45) is 1.24. The summed E-state index contributed by atoms with van der Waals surface area (Å²) in [4.78, 5) is 26.0. The highest BCUT2D eigenvalue weighted by molar-refractivity contribution is 5.90. The molecule has 176 valence electrons. The molecule has 7 nitrogen and oxygen atoms in total. The maximum Gasteiger partial charge on any atom is 0.359 e. The van der Waals surface area contributed by atoms with E-state index in [9.17, 15) is 28.6 Å². The first-order valence-corrected chi connectivity index (χ1v) is 10.6. The van der Waals surface area contributed by atoms with Crippen LogP contribution in [0.15, 0.2) is 29.2 Å². The van der Waals surface area contributed by atoms with Gasteiger partial charge < -0.3 is 24.3 Å². The summed E-state index contributed by atoms with van der Waals surface area (Å²) in [5, 5.41) is 19.1. The first-order chi connectivity index (χ1) is 15.2. The average molecular weight is 453 g/mol. The number of hydrogen-bond acceptors (Lipinski definition) is 6. The van der Waals surface area contributed by atoms with Crippen molar-refractivity contribution in [1.82, 2.24) is 4.57 Å². The van der Waals surface area contributed by atoms with Gasteiger partial charge in [0.05, 0.1) is 19.8 Å². The molecule has 1 atom stereocenters. The summed E-state index contributed by atoms with van der Waals surface area (Å²) in [6, 6.07) is 3.15. The van der Waals surface area contributed by atoms with Crippen LogP contribution in [0.1, 0.15) is 67.6 Å². The van der Waals surface area contributed by atoms with Crippen LogP contribution in [0.4, 0.5) is 8.78 Å². The van der Waals surface area contributed by atoms with Gasteiger partial charge >= 0.3 is 5.97 Å². The van der Waals surface area contributed by atoms with E-state index < -0.39 is 41.8 Å². The van der Waals surface area contributed by atoms with Gasteiger partial charge in [-0.3, -0.25) is 4.79 Å². The molecule has 0 fully saturated rings. The fourth-order valence-corrected chi connectivity index (χ4v) is 3.59. The lowest BCUT2D eigenvalue weighted by Crippen LogP contribution is -2.29. The molecule has 2 N–H and O–H groups in total. The summed E-state index contributed by atoms with van der Waals surface area (Å²) in [7, 11) is 0. The van der Waals surface area contributed by atoms with E-state index in [0.717, 1.165) is 18.6 Å². The molecule has 0 radical (unpaired) electrons. The Labute approximate surface area is 185 Å². The van der Waals surface area contributed by atoms with E-state index in [1.807, 2.05) is 6.92 Å². The van der Waals surface area contributed by atoms with Crippen LogP contribution in [0.25, 0.3) is 0 Å². The van der Waals surface area contributed by atoms with Gasteiger partial charge in [0.1, 0.15) is 11.6 Å². The SMILES string of the molecule is CCCCC(c1ccc(F)cc1F)c1cn(CC(O)O)c(C(=O)OCC)c(OCC)c1=O. The molecule has 32 heavy (non-hydrogen) atoms. The van der Waals surface area contributed by atoms with Crippen LogP contribution in [0.5, 0.6) is 5.75 Å². The van der Waals surface area contributed by atoms with E-state index in [2.05, 4.69) is 0 Å². The number of aliphatic hydroxyl groups is 2. The molecule has 0 aliphatic heterocycles. The number of hydrogen-bond donors (Lipinski definition) is 2. The van der Waals surface area contributed by atoms with Crippen LogP contribution in [0, 0.1) is 11.6 Å². The Morgan fingerprint density at radius 2 is 1.84 bits per heavy atom. The van der Waals surface area contributed by atoms with E-state index in [1.165, 1.54) is 16.8 Å². The predicted molar refractivity (Wildman–Crippen MR) is 114 cm³/mol. The van der Waals surface area contributed by atoms with Gasteiger partial charge in [0, 0.05) is 23.7 Å². The lowest BCUT2D eigenvalue weighted by molar-refractivity contribution is -0.0519. The number of aliphatic hydroxyl groups excluding tert-OH is 1. The third kappa shape index (κ3) is 5.92. The van der Waals surface area contributed by atoms with Crippen molar-refractivity contribution in [3.63, 3.8) is 0 Å². The van der Waals surface area contributed by atoms with Gasteiger partial charge in [0.15, 0.2) is 17.7 Å². The van der Waals surface area contributed by atoms with Gasteiger partial charge in [0.25, 0.3) is 0 Å². The number of pyridine rings is 1. The van der Waals surface area contributed by atoms with Gasteiger partial charge in [-0.15, -0.1) is 0 Å². The van der Waals surface area contributed by atoms with Gasteiger partial charge in [-0.05, 0) is 31.9 Å². The predicted octanol–water partition coefficient (Wildman–Crippen LogP) is 3.33. The third-order valence-electron chi connectivity index (χ3n) is 4.94. The monoisotopic (exact) mass is 453 g/mol. The smallest absolute Gasteiger partial charge is 0.359 e. The minimum absolute atomic E-state index is 0.0297. The molecule has 0 saturated heterocycles. The number of esters is 1. The first-order valence-electron chi connectivity index (χ1n) is 10.6. The maximum absolute atomic E-state index is 14.7. The fraction of sp³-hybridized carbons (Fsp3) is 0.478. The molecule has 2 aromatic rings. The minimum Gasteiger partial charge on any atom is -0.488 e. The summed E-state index contributed by atoms with van der Waals surface area (Å²) >= 11 is 0. The largest absolute Gasteiger partial charge is 0.488 e. The van der Waals surface area contributed by atoms with Gasteiger partial charge in [-0.2, -0.15) is 0 Å². The molecule has 0 bridgehead atoms. The quantitative estimate of drug-likeness (QED) is 0.400. The molecule has 9 heteroatoms. The number of benzene rings is 1. The molecule has 1 heterocycles. The molecular formula is C23H29F2NO6. The summed E-state index contributed by atoms with van der Waals surface area (Å²) in [6.45, 7) is 4.79. The van der Waals surface area contributed by atoms with Crippen molar-refractivity contribution in [2.45, 2.75) is 58.8 Å². The van der Waals surface area contributed by atoms with Crippen molar-refractivity contribution in [3.8, 4) is 5.75 Å². The molecule has 1 unspecified atom stereocenters.